The van der Waals surface area contributed by atoms with Crippen LogP contribution in [0.5, 0.6) is 5.75 Å². The van der Waals surface area contributed by atoms with Gasteiger partial charge in [-0.3, -0.25) is 9.59 Å². The smallest absolute Gasteiger partial charge is 0.295 e. The van der Waals surface area contributed by atoms with Crippen molar-refractivity contribution in [2.45, 2.75) is 51.7 Å². The molecule has 192 valence electrons. The van der Waals surface area contributed by atoms with Crippen molar-refractivity contribution in [2.24, 2.45) is 0 Å². The Hall–Kier alpha value is -3.32. The van der Waals surface area contributed by atoms with Gasteiger partial charge in [0.1, 0.15) is 11.5 Å². The van der Waals surface area contributed by atoms with Gasteiger partial charge in [-0.15, -0.1) is 0 Å². The zero-order chi connectivity index (χ0) is 26.1. The van der Waals surface area contributed by atoms with E-state index in [1.807, 2.05) is 76.2 Å². The summed E-state index contributed by atoms with van der Waals surface area (Å²) in [6.07, 6.45) is 1.65. The molecule has 2 aliphatic rings. The Morgan fingerprint density at radius 3 is 2.44 bits per heavy atom. The topological polar surface area (TPSA) is 79.3 Å². The zero-order valence-electron chi connectivity index (χ0n) is 22.0. The number of likely N-dealkylation sites (tertiary alicyclic amines) is 1. The molecule has 36 heavy (non-hydrogen) atoms. The second-order valence-corrected chi connectivity index (χ2v) is 10.1. The van der Waals surface area contributed by atoms with Gasteiger partial charge in [-0.05, 0) is 66.6 Å². The number of aliphatic hydroxyl groups excluding tert-OH is 1. The number of amides is 1. The molecule has 0 aromatic heterocycles. The van der Waals surface area contributed by atoms with E-state index in [0.29, 0.717) is 18.7 Å². The molecule has 0 radical (unpaired) electrons. The molecule has 2 aromatic carbocycles. The third-order valence-electron chi connectivity index (χ3n) is 7.14. The predicted octanol–water partition coefficient (Wildman–Crippen LogP) is 4.79. The van der Waals surface area contributed by atoms with Crippen molar-refractivity contribution in [2.75, 3.05) is 39.3 Å². The summed E-state index contributed by atoms with van der Waals surface area (Å²) in [6, 6.07) is 10.8. The molecule has 1 amide bonds. The van der Waals surface area contributed by atoms with Crippen LogP contribution >= 0.6 is 0 Å². The Balaban J connectivity index is 1.88. The number of hydrogen-bond donors (Lipinski definition) is 1. The molecule has 0 aliphatic carbocycles. The van der Waals surface area contributed by atoms with E-state index in [-0.39, 0.29) is 23.4 Å². The van der Waals surface area contributed by atoms with Gasteiger partial charge < -0.3 is 24.4 Å². The van der Waals surface area contributed by atoms with E-state index in [4.69, 9.17) is 9.47 Å². The summed E-state index contributed by atoms with van der Waals surface area (Å²) < 4.78 is 11.3. The molecule has 1 N–H and O–H groups in total. The summed E-state index contributed by atoms with van der Waals surface area (Å²) in [5.74, 6) is -0.568. The SMILES string of the molecule is COc1cc(C)c(/C(O)=C2\C(=O)C(=O)N(CC3CCCO3)C2c2ccc(N(C)C)cc2)cc1C(C)C. The molecule has 2 atom stereocenters. The lowest BCUT2D eigenvalue weighted by atomic mass is 9.91. The first kappa shape index (κ1) is 25.8. The first-order valence-corrected chi connectivity index (χ1v) is 12.5. The molecular weight excluding hydrogens is 456 g/mol. The van der Waals surface area contributed by atoms with Gasteiger partial charge in [-0.1, -0.05) is 26.0 Å². The van der Waals surface area contributed by atoms with E-state index >= 15 is 0 Å². The average Bonchev–Trinajstić information content (AvgIpc) is 3.45. The van der Waals surface area contributed by atoms with Gasteiger partial charge in [0.25, 0.3) is 11.7 Å². The molecule has 4 rings (SSSR count). The molecule has 0 saturated carbocycles. The normalized spacial score (nSPS) is 21.5. The Morgan fingerprint density at radius 1 is 1.19 bits per heavy atom. The van der Waals surface area contributed by atoms with Gasteiger partial charge in [-0.2, -0.15) is 0 Å². The van der Waals surface area contributed by atoms with Crippen molar-refractivity contribution < 1.29 is 24.2 Å². The lowest BCUT2D eigenvalue weighted by Gasteiger charge is -2.28. The minimum Gasteiger partial charge on any atom is -0.507 e. The highest BCUT2D eigenvalue weighted by Gasteiger charge is 2.47. The maximum absolute atomic E-state index is 13.4. The molecule has 2 saturated heterocycles. The van der Waals surface area contributed by atoms with E-state index in [0.717, 1.165) is 41.0 Å². The maximum Gasteiger partial charge on any atom is 0.295 e. The largest absolute Gasteiger partial charge is 0.507 e. The minimum absolute atomic E-state index is 0.110. The number of carbonyl (C=O) groups is 2. The van der Waals surface area contributed by atoms with Crippen molar-refractivity contribution in [3.05, 3.63) is 64.2 Å². The summed E-state index contributed by atoms with van der Waals surface area (Å²) in [5.41, 5.74) is 4.10. The molecule has 2 aromatic rings. The third-order valence-corrected chi connectivity index (χ3v) is 7.14. The minimum atomic E-state index is -0.700. The Morgan fingerprint density at radius 2 is 1.89 bits per heavy atom. The maximum atomic E-state index is 13.4. The number of nitrogens with zero attached hydrogens (tertiary/aromatic N) is 2. The van der Waals surface area contributed by atoms with Crippen molar-refractivity contribution in [1.29, 1.82) is 0 Å². The van der Waals surface area contributed by atoms with Gasteiger partial charge in [0.05, 0.1) is 24.8 Å². The van der Waals surface area contributed by atoms with Crippen LogP contribution in [0, 0.1) is 6.92 Å². The standard InChI is InChI=1S/C29H36N2O5/c1-17(2)22-15-23(18(3)14-24(22)35-6)27(32)25-26(19-9-11-20(12-10-19)30(4)5)31(29(34)28(25)33)16-21-8-7-13-36-21/h9-12,14-15,17,21,26,32H,7-8,13,16H2,1-6H3/b27-25+. The van der Waals surface area contributed by atoms with Crippen LogP contribution in [-0.4, -0.2) is 62.2 Å². The third kappa shape index (κ3) is 4.72. The van der Waals surface area contributed by atoms with Crippen LogP contribution in [0.4, 0.5) is 5.69 Å². The summed E-state index contributed by atoms with van der Waals surface area (Å²) in [6.45, 7) is 6.92. The number of carbonyl (C=O) groups excluding carboxylic acids is 2. The fourth-order valence-corrected chi connectivity index (χ4v) is 5.10. The molecule has 7 nitrogen and oxygen atoms in total. The second-order valence-electron chi connectivity index (χ2n) is 10.1. The quantitative estimate of drug-likeness (QED) is 0.340. The Bertz CT molecular complexity index is 1180. The van der Waals surface area contributed by atoms with Crippen molar-refractivity contribution >= 4 is 23.1 Å². The van der Waals surface area contributed by atoms with Crippen molar-refractivity contribution in [1.82, 2.24) is 4.90 Å². The first-order valence-electron chi connectivity index (χ1n) is 12.5. The van der Waals surface area contributed by atoms with Gasteiger partial charge in [0.15, 0.2) is 0 Å². The second kappa shape index (κ2) is 10.3. The van der Waals surface area contributed by atoms with E-state index in [1.54, 1.807) is 12.0 Å². The Labute approximate surface area is 213 Å². The number of aryl methyl sites for hydroxylation is 1. The summed E-state index contributed by atoms with van der Waals surface area (Å²) in [5, 5.41) is 11.6. The monoisotopic (exact) mass is 492 g/mol. The van der Waals surface area contributed by atoms with Gasteiger partial charge in [0.2, 0.25) is 0 Å². The van der Waals surface area contributed by atoms with Crippen LogP contribution in [0.1, 0.15) is 60.9 Å². The van der Waals surface area contributed by atoms with Crippen LogP contribution in [0.25, 0.3) is 5.76 Å². The van der Waals surface area contributed by atoms with E-state index < -0.39 is 17.7 Å². The average molecular weight is 493 g/mol. The summed E-state index contributed by atoms with van der Waals surface area (Å²) in [7, 11) is 5.53. The van der Waals surface area contributed by atoms with Crippen LogP contribution in [0.3, 0.4) is 0 Å². The number of anilines is 1. The molecule has 2 heterocycles. The molecule has 0 bridgehead atoms. The van der Waals surface area contributed by atoms with Gasteiger partial charge in [-0.25, -0.2) is 0 Å². The molecule has 0 spiro atoms. The highest BCUT2D eigenvalue weighted by molar-refractivity contribution is 6.46. The molecule has 7 heteroatoms. The molecule has 2 fully saturated rings. The predicted molar refractivity (Wildman–Crippen MR) is 141 cm³/mol. The van der Waals surface area contributed by atoms with Crippen LogP contribution in [-0.2, 0) is 14.3 Å². The molecular formula is C29H36N2O5. The van der Waals surface area contributed by atoms with Crippen molar-refractivity contribution in [3.63, 3.8) is 0 Å². The number of ketones is 1. The van der Waals surface area contributed by atoms with Gasteiger partial charge >= 0.3 is 0 Å². The number of rotatable bonds is 7. The highest BCUT2D eigenvalue weighted by atomic mass is 16.5. The lowest BCUT2D eigenvalue weighted by Crippen LogP contribution is -2.36. The molecule has 2 aliphatic heterocycles. The summed E-state index contributed by atoms with van der Waals surface area (Å²) >= 11 is 0. The van der Waals surface area contributed by atoms with Gasteiger partial charge in [0, 0.05) is 38.5 Å². The highest BCUT2D eigenvalue weighted by Crippen LogP contribution is 2.42. The first-order chi connectivity index (χ1) is 17.1. The van der Waals surface area contributed by atoms with Crippen LogP contribution in [0.15, 0.2) is 42.0 Å². The van der Waals surface area contributed by atoms with E-state index in [2.05, 4.69) is 0 Å². The lowest BCUT2D eigenvalue weighted by molar-refractivity contribution is -0.140. The number of hydrogen-bond acceptors (Lipinski definition) is 6. The molecule has 2 unspecified atom stereocenters. The fraction of sp³-hybridized carbons (Fsp3) is 0.448. The van der Waals surface area contributed by atoms with E-state index in [1.165, 1.54) is 0 Å². The number of Topliss-reactive ketones (excluding diaryl/α,β-unsaturated/α-hetero) is 1. The van der Waals surface area contributed by atoms with Crippen LogP contribution < -0.4 is 9.64 Å². The number of ether oxygens (including phenoxy) is 2. The zero-order valence-corrected chi connectivity index (χ0v) is 22.0. The number of benzene rings is 2. The van der Waals surface area contributed by atoms with E-state index in [9.17, 15) is 14.7 Å². The Kier molecular flexibility index (Phi) is 7.41. The number of methoxy groups -OCH3 is 1. The van der Waals surface area contributed by atoms with Crippen LogP contribution in [0.2, 0.25) is 0 Å². The van der Waals surface area contributed by atoms with Crippen molar-refractivity contribution in [3.8, 4) is 5.75 Å². The fourth-order valence-electron chi connectivity index (χ4n) is 5.10. The number of aliphatic hydroxyl groups is 1. The summed E-state index contributed by atoms with van der Waals surface area (Å²) in [4.78, 5) is 30.3.